The first-order valence-electron chi connectivity index (χ1n) is 13.2. The molecule has 1 saturated heterocycles. The maximum absolute atomic E-state index is 12.7. The van der Waals surface area contributed by atoms with Crippen molar-refractivity contribution in [3.8, 4) is 17.2 Å². The Morgan fingerprint density at radius 1 is 0.872 bits per heavy atom. The van der Waals surface area contributed by atoms with E-state index < -0.39 is 16.8 Å². The minimum absolute atomic E-state index is 0.0472. The van der Waals surface area contributed by atoms with Gasteiger partial charge in [0.15, 0.2) is 0 Å². The van der Waals surface area contributed by atoms with Crippen LogP contribution in [-0.4, -0.2) is 25.0 Å². The molecule has 0 spiro atoms. The Labute approximate surface area is 229 Å². The SMILES string of the molecule is CCOC(=O)CC(C#N)(c1ccccc1)c1cccc(-c2ccc(C3(c4ccccc4)CNC(=O)C3)cc2)c1. The Hall–Kier alpha value is -4.69. The molecule has 1 N–H and O–H groups in total. The lowest BCUT2D eigenvalue weighted by Crippen LogP contribution is -2.30. The topological polar surface area (TPSA) is 79.2 Å². The highest BCUT2D eigenvalue weighted by Crippen LogP contribution is 2.40. The molecule has 5 heteroatoms. The van der Waals surface area contributed by atoms with Gasteiger partial charge in [-0.15, -0.1) is 0 Å². The van der Waals surface area contributed by atoms with E-state index in [0.717, 1.165) is 33.4 Å². The third-order valence-corrected chi connectivity index (χ3v) is 7.67. The van der Waals surface area contributed by atoms with Gasteiger partial charge in [0, 0.05) is 18.4 Å². The smallest absolute Gasteiger partial charge is 0.308 e. The van der Waals surface area contributed by atoms with Gasteiger partial charge in [-0.05, 0) is 46.4 Å². The first-order valence-corrected chi connectivity index (χ1v) is 13.2. The van der Waals surface area contributed by atoms with Gasteiger partial charge >= 0.3 is 5.97 Å². The number of nitriles is 1. The predicted molar refractivity (Wildman–Crippen MR) is 151 cm³/mol. The zero-order valence-corrected chi connectivity index (χ0v) is 21.9. The van der Waals surface area contributed by atoms with Crippen molar-refractivity contribution in [2.75, 3.05) is 13.2 Å². The molecule has 1 aliphatic rings. The van der Waals surface area contributed by atoms with E-state index in [4.69, 9.17) is 4.74 Å². The molecule has 1 amide bonds. The van der Waals surface area contributed by atoms with Crippen LogP contribution < -0.4 is 5.32 Å². The van der Waals surface area contributed by atoms with E-state index >= 15 is 0 Å². The normalized spacial score (nSPS) is 18.0. The molecule has 1 aliphatic heterocycles. The zero-order valence-electron chi connectivity index (χ0n) is 21.9. The second kappa shape index (κ2) is 11.0. The summed E-state index contributed by atoms with van der Waals surface area (Å²) < 4.78 is 5.25. The van der Waals surface area contributed by atoms with Crippen LogP contribution in [0.1, 0.15) is 42.0 Å². The highest BCUT2D eigenvalue weighted by molar-refractivity contribution is 5.82. The fourth-order valence-electron chi connectivity index (χ4n) is 5.62. The Morgan fingerprint density at radius 3 is 2.13 bits per heavy atom. The molecule has 39 heavy (non-hydrogen) atoms. The van der Waals surface area contributed by atoms with Gasteiger partial charge in [-0.3, -0.25) is 9.59 Å². The van der Waals surface area contributed by atoms with Crippen molar-refractivity contribution < 1.29 is 14.3 Å². The minimum atomic E-state index is -1.18. The summed E-state index contributed by atoms with van der Waals surface area (Å²) in [5.41, 5.74) is 3.99. The Morgan fingerprint density at radius 2 is 1.51 bits per heavy atom. The quantitative estimate of drug-likeness (QED) is 0.296. The summed E-state index contributed by atoms with van der Waals surface area (Å²) in [7, 11) is 0. The van der Waals surface area contributed by atoms with E-state index in [-0.39, 0.29) is 18.9 Å². The molecular weight excluding hydrogens is 484 g/mol. The van der Waals surface area contributed by atoms with Crippen LogP contribution in [0.2, 0.25) is 0 Å². The second-order valence-electron chi connectivity index (χ2n) is 9.92. The van der Waals surface area contributed by atoms with Gasteiger partial charge in [0.25, 0.3) is 0 Å². The van der Waals surface area contributed by atoms with Crippen molar-refractivity contribution in [2.45, 2.75) is 30.6 Å². The Balaban J connectivity index is 1.53. The van der Waals surface area contributed by atoms with Crippen LogP contribution >= 0.6 is 0 Å². The van der Waals surface area contributed by atoms with E-state index in [1.807, 2.05) is 72.8 Å². The number of nitrogens with zero attached hydrogens (tertiary/aromatic N) is 1. The number of ether oxygens (including phenoxy) is 1. The van der Waals surface area contributed by atoms with E-state index in [9.17, 15) is 14.9 Å². The van der Waals surface area contributed by atoms with Crippen LogP contribution in [0.5, 0.6) is 0 Å². The number of amides is 1. The highest BCUT2D eigenvalue weighted by Gasteiger charge is 2.41. The first-order chi connectivity index (χ1) is 19.0. The van der Waals surface area contributed by atoms with Crippen LogP contribution in [0.4, 0.5) is 0 Å². The number of carbonyl (C=O) groups excluding carboxylic acids is 2. The zero-order chi connectivity index (χ0) is 27.3. The van der Waals surface area contributed by atoms with Crippen LogP contribution in [-0.2, 0) is 25.2 Å². The summed E-state index contributed by atoms with van der Waals surface area (Å²) in [6.45, 7) is 2.58. The van der Waals surface area contributed by atoms with Crippen molar-refractivity contribution >= 4 is 11.9 Å². The number of hydrogen-bond acceptors (Lipinski definition) is 4. The molecule has 0 bridgehead atoms. The minimum Gasteiger partial charge on any atom is -0.466 e. The molecule has 5 nitrogen and oxygen atoms in total. The molecule has 0 radical (unpaired) electrons. The Bertz CT molecular complexity index is 1510. The molecule has 1 fully saturated rings. The molecule has 0 aliphatic carbocycles. The van der Waals surface area contributed by atoms with Gasteiger partial charge in [-0.1, -0.05) is 103 Å². The van der Waals surface area contributed by atoms with Crippen molar-refractivity contribution in [1.29, 1.82) is 5.26 Å². The van der Waals surface area contributed by atoms with Crippen LogP contribution in [0.3, 0.4) is 0 Å². The van der Waals surface area contributed by atoms with E-state index in [1.54, 1.807) is 6.92 Å². The molecule has 0 aromatic heterocycles. The van der Waals surface area contributed by atoms with E-state index in [0.29, 0.717) is 13.0 Å². The lowest BCUT2D eigenvalue weighted by atomic mass is 9.72. The molecule has 194 valence electrons. The van der Waals surface area contributed by atoms with Gasteiger partial charge in [0.1, 0.15) is 5.41 Å². The van der Waals surface area contributed by atoms with Crippen molar-refractivity contribution in [3.63, 3.8) is 0 Å². The van der Waals surface area contributed by atoms with Gasteiger partial charge in [0.2, 0.25) is 5.91 Å². The average Bonchev–Trinajstić information content (AvgIpc) is 3.40. The van der Waals surface area contributed by atoms with E-state index in [2.05, 4.69) is 47.8 Å². The summed E-state index contributed by atoms with van der Waals surface area (Å²) in [5.74, 6) is -0.366. The largest absolute Gasteiger partial charge is 0.466 e. The lowest BCUT2D eigenvalue weighted by Gasteiger charge is -2.29. The predicted octanol–water partition coefficient (Wildman–Crippen LogP) is 5.92. The fourth-order valence-corrected chi connectivity index (χ4v) is 5.62. The van der Waals surface area contributed by atoms with Gasteiger partial charge in [-0.2, -0.15) is 5.26 Å². The monoisotopic (exact) mass is 514 g/mol. The first kappa shape index (κ1) is 25.9. The maximum Gasteiger partial charge on any atom is 0.308 e. The fraction of sp³-hybridized carbons (Fsp3) is 0.206. The number of benzene rings is 4. The van der Waals surface area contributed by atoms with Crippen LogP contribution in [0.15, 0.2) is 109 Å². The molecule has 2 atom stereocenters. The molecule has 4 aromatic rings. The molecule has 0 saturated carbocycles. The Kier molecular flexibility index (Phi) is 7.29. The number of nitrogens with one attached hydrogen (secondary N) is 1. The number of rotatable bonds is 8. The number of carbonyl (C=O) groups is 2. The third-order valence-electron chi connectivity index (χ3n) is 7.67. The maximum atomic E-state index is 12.7. The standard InChI is InChI=1S/C34H30N2O3/c1-2-39-32(38)22-33(23-35,27-11-5-3-6-12-27)30-15-9-10-26(20-30)25-16-18-29(19-17-25)34(21-31(37)36-24-34)28-13-7-4-8-14-28/h3-20H,2,21-22,24H2,1H3,(H,36,37). The summed E-state index contributed by atoms with van der Waals surface area (Å²) in [4.78, 5) is 25.0. The van der Waals surface area contributed by atoms with Crippen molar-refractivity contribution in [1.82, 2.24) is 5.32 Å². The van der Waals surface area contributed by atoms with Gasteiger partial charge < -0.3 is 10.1 Å². The summed E-state index contributed by atoms with van der Waals surface area (Å²) in [6, 6.07) is 38.1. The molecular formula is C34H30N2O3. The van der Waals surface area contributed by atoms with Crippen molar-refractivity contribution in [3.05, 3.63) is 131 Å². The van der Waals surface area contributed by atoms with Gasteiger partial charge in [-0.25, -0.2) is 0 Å². The lowest BCUT2D eigenvalue weighted by molar-refractivity contribution is -0.143. The summed E-state index contributed by atoms with van der Waals surface area (Å²) >= 11 is 0. The number of hydrogen-bond donors (Lipinski definition) is 1. The van der Waals surface area contributed by atoms with E-state index in [1.165, 1.54) is 0 Å². The summed E-state index contributed by atoms with van der Waals surface area (Å²) in [5, 5.41) is 13.5. The third kappa shape index (κ3) is 4.94. The number of esters is 1. The summed E-state index contributed by atoms with van der Waals surface area (Å²) in [6.07, 6.45) is 0.325. The van der Waals surface area contributed by atoms with Crippen LogP contribution in [0, 0.1) is 11.3 Å². The molecule has 1 heterocycles. The van der Waals surface area contributed by atoms with Crippen LogP contribution in [0.25, 0.3) is 11.1 Å². The molecule has 5 rings (SSSR count). The second-order valence-corrected chi connectivity index (χ2v) is 9.92. The average molecular weight is 515 g/mol. The molecule has 2 unspecified atom stereocenters. The molecule has 4 aromatic carbocycles. The van der Waals surface area contributed by atoms with Crippen molar-refractivity contribution in [2.24, 2.45) is 0 Å². The highest BCUT2D eigenvalue weighted by atomic mass is 16.5. The van der Waals surface area contributed by atoms with Gasteiger partial charge in [0.05, 0.1) is 19.1 Å².